The second-order valence-electron chi connectivity index (χ2n) is 8.84. The molecule has 3 aromatic rings. The fourth-order valence-corrected chi connectivity index (χ4v) is 4.05. The van der Waals surface area contributed by atoms with Gasteiger partial charge in [-0.25, -0.2) is 0 Å². The highest BCUT2D eigenvalue weighted by molar-refractivity contribution is 5.91. The summed E-state index contributed by atoms with van der Waals surface area (Å²) in [5.41, 5.74) is 0.911. The van der Waals surface area contributed by atoms with E-state index < -0.39 is 11.7 Å². The number of hydrogen-bond donors (Lipinski definition) is 2. The first-order chi connectivity index (χ1) is 17.3. The molecule has 0 aromatic heterocycles. The molecule has 0 saturated carbocycles. The molecule has 0 aliphatic carbocycles. The summed E-state index contributed by atoms with van der Waals surface area (Å²) in [5.74, 6) is 0.554. The number of hydrogen-bond acceptors (Lipinski definition) is 3. The first-order valence-corrected chi connectivity index (χ1v) is 12.3. The van der Waals surface area contributed by atoms with Crippen LogP contribution in [0.4, 0.5) is 30.2 Å². The Balaban J connectivity index is 0.00000361. The number of nitrogens with one attached hydrogen (secondary N) is 2. The van der Waals surface area contributed by atoms with Gasteiger partial charge in [0.05, 0.1) is 11.3 Å². The number of carbonyl (C=O) groups is 1. The maximum atomic E-state index is 13.8. The number of anilines is 3. The van der Waals surface area contributed by atoms with Crippen LogP contribution in [0.1, 0.15) is 59.9 Å². The monoisotopic (exact) mass is 502 g/mol. The standard InChI is InChI=1S/C29H33F3N2O2.2H2/c1-3-9-21(4-2)14-17-28(35)34-24-13-8-12-23(18-24)33-27-16-15-25(19-26(27)29(30,31)32)36-20-22-10-6-5-7-11-22;;/h5-8,10-13,15-16,18-19,21,33H,3-4,9,14,17,20H2,1-2H3,(H,34,35);2*1H. The smallest absolute Gasteiger partial charge is 0.418 e. The number of carbonyl (C=O) groups excluding carboxylic acids is 1. The fourth-order valence-electron chi connectivity index (χ4n) is 4.05. The molecule has 196 valence electrons. The normalized spacial score (nSPS) is 12.1. The molecule has 0 saturated heterocycles. The molecule has 0 radical (unpaired) electrons. The van der Waals surface area contributed by atoms with E-state index in [9.17, 15) is 18.0 Å². The van der Waals surface area contributed by atoms with Crippen molar-refractivity contribution in [3.63, 3.8) is 0 Å². The molecule has 2 N–H and O–H groups in total. The molecular formula is C29H37F3N2O2. The van der Waals surface area contributed by atoms with E-state index in [1.165, 1.54) is 12.1 Å². The summed E-state index contributed by atoms with van der Waals surface area (Å²) in [6.07, 6.45) is -0.109. The highest BCUT2D eigenvalue weighted by Crippen LogP contribution is 2.38. The van der Waals surface area contributed by atoms with E-state index in [1.54, 1.807) is 24.3 Å². The Morgan fingerprint density at radius 3 is 2.39 bits per heavy atom. The Hall–Kier alpha value is -3.48. The number of rotatable bonds is 12. The second-order valence-corrected chi connectivity index (χ2v) is 8.84. The third kappa shape index (κ3) is 8.33. The van der Waals surface area contributed by atoms with Gasteiger partial charge in [0.2, 0.25) is 5.91 Å². The molecule has 0 aliphatic heterocycles. The summed E-state index contributed by atoms with van der Waals surface area (Å²) < 4.78 is 47.1. The summed E-state index contributed by atoms with van der Waals surface area (Å²) in [7, 11) is 0. The summed E-state index contributed by atoms with van der Waals surface area (Å²) in [6, 6.07) is 19.8. The van der Waals surface area contributed by atoms with Crippen LogP contribution in [0.25, 0.3) is 0 Å². The van der Waals surface area contributed by atoms with Gasteiger partial charge in [-0.15, -0.1) is 0 Å². The molecule has 0 heterocycles. The number of halogens is 3. The highest BCUT2D eigenvalue weighted by atomic mass is 19.4. The van der Waals surface area contributed by atoms with Crippen LogP contribution >= 0.6 is 0 Å². The molecule has 1 unspecified atom stereocenters. The quantitative estimate of drug-likeness (QED) is 0.260. The van der Waals surface area contributed by atoms with Crippen molar-refractivity contribution in [3.8, 4) is 5.75 Å². The van der Waals surface area contributed by atoms with E-state index in [0.29, 0.717) is 23.7 Å². The van der Waals surface area contributed by atoms with Crippen molar-refractivity contribution in [1.29, 1.82) is 0 Å². The van der Waals surface area contributed by atoms with Crippen molar-refractivity contribution in [1.82, 2.24) is 0 Å². The van der Waals surface area contributed by atoms with E-state index in [-0.39, 0.29) is 26.8 Å². The van der Waals surface area contributed by atoms with Gasteiger partial charge in [0.25, 0.3) is 0 Å². The summed E-state index contributed by atoms with van der Waals surface area (Å²) in [6.45, 7) is 4.44. The lowest BCUT2D eigenvalue weighted by molar-refractivity contribution is -0.137. The maximum absolute atomic E-state index is 13.8. The molecule has 3 rings (SSSR count). The number of alkyl halides is 3. The van der Waals surface area contributed by atoms with Gasteiger partial charge in [-0.3, -0.25) is 4.79 Å². The SMILES string of the molecule is CCCC(CC)CCC(=O)Nc1cccc(Nc2ccc(OCc3ccccc3)cc2C(F)(F)F)c1.[HH].[HH]. The Kier molecular flexibility index (Phi) is 9.79. The molecule has 0 spiro atoms. The molecular weight excluding hydrogens is 465 g/mol. The van der Waals surface area contributed by atoms with Gasteiger partial charge in [-0.2, -0.15) is 13.2 Å². The van der Waals surface area contributed by atoms with Crippen LogP contribution in [0.15, 0.2) is 72.8 Å². The molecule has 3 aromatic carbocycles. The lowest BCUT2D eigenvalue weighted by Crippen LogP contribution is -2.13. The molecule has 4 nitrogen and oxygen atoms in total. The van der Waals surface area contributed by atoms with Gasteiger partial charge < -0.3 is 15.4 Å². The summed E-state index contributed by atoms with van der Waals surface area (Å²) in [5, 5.41) is 5.70. The van der Waals surface area contributed by atoms with Crippen LogP contribution < -0.4 is 15.4 Å². The largest absolute Gasteiger partial charge is 0.489 e. The Labute approximate surface area is 213 Å². The van der Waals surface area contributed by atoms with Crippen LogP contribution in [0.5, 0.6) is 5.75 Å². The van der Waals surface area contributed by atoms with Crippen molar-refractivity contribution in [3.05, 3.63) is 83.9 Å². The zero-order valence-corrected chi connectivity index (χ0v) is 20.7. The summed E-state index contributed by atoms with van der Waals surface area (Å²) >= 11 is 0. The van der Waals surface area contributed by atoms with Gasteiger partial charge >= 0.3 is 6.18 Å². The summed E-state index contributed by atoms with van der Waals surface area (Å²) in [4.78, 5) is 12.4. The van der Waals surface area contributed by atoms with E-state index in [1.807, 2.05) is 30.3 Å². The van der Waals surface area contributed by atoms with E-state index >= 15 is 0 Å². The molecule has 0 bridgehead atoms. The van der Waals surface area contributed by atoms with Crippen molar-refractivity contribution in [2.24, 2.45) is 5.92 Å². The molecule has 7 heteroatoms. The zero-order valence-electron chi connectivity index (χ0n) is 20.7. The predicted molar refractivity (Wildman–Crippen MR) is 143 cm³/mol. The molecule has 36 heavy (non-hydrogen) atoms. The molecule has 1 amide bonds. The predicted octanol–water partition coefficient (Wildman–Crippen LogP) is 9.07. The van der Waals surface area contributed by atoms with E-state index in [2.05, 4.69) is 24.5 Å². The van der Waals surface area contributed by atoms with Crippen LogP contribution in [0.2, 0.25) is 0 Å². The lowest BCUT2D eigenvalue weighted by Gasteiger charge is -2.17. The number of amides is 1. The second kappa shape index (κ2) is 13.0. The minimum Gasteiger partial charge on any atom is -0.489 e. The zero-order chi connectivity index (χ0) is 26.0. The average Bonchev–Trinajstić information content (AvgIpc) is 2.86. The van der Waals surface area contributed by atoms with Crippen LogP contribution in [0, 0.1) is 5.92 Å². The third-order valence-corrected chi connectivity index (χ3v) is 6.02. The van der Waals surface area contributed by atoms with Gasteiger partial charge in [0, 0.05) is 20.6 Å². The molecule has 1 atom stereocenters. The number of benzene rings is 3. The van der Waals surface area contributed by atoms with Crippen LogP contribution in [-0.2, 0) is 17.6 Å². The molecule has 0 aliphatic rings. The average molecular weight is 503 g/mol. The van der Waals surface area contributed by atoms with Gasteiger partial charge in [0.1, 0.15) is 12.4 Å². The first-order valence-electron chi connectivity index (χ1n) is 12.3. The van der Waals surface area contributed by atoms with Crippen molar-refractivity contribution >= 4 is 23.0 Å². The maximum Gasteiger partial charge on any atom is 0.418 e. The van der Waals surface area contributed by atoms with Gasteiger partial charge in [-0.05, 0) is 54.3 Å². The Morgan fingerprint density at radius 1 is 0.944 bits per heavy atom. The first kappa shape index (κ1) is 27.1. The van der Waals surface area contributed by atoms with Gasteiger partial charge in [-0.1, -0.05) is 69.5 Å². The number of ether oxygens (including phenoxy) is 1. The van der Waals surface area contributed by atoms with Crippen LogP contribution in [0.3, 0.4) is 0 Å². The third-order valence-electron chi connectivity index (χ3n) is 6.02. The van der Waals surface area contributed by atoms with E-state index in [4.69, 9.17) is 4.74 Å². The Bertz CT molecular complexity index is 1130. The van der Waals surface area contributed by atoms with Crippen molar-refractivity contribution in [2.75, 3.05) is 10.6 Å². The molecule has 0 fully saturated rings. The van der Waals surface area contributed by atoms with Gasteiger partial charge in [0.15, 0.2) is 0 Å². The minimum atomic E-state index is -4.57. The van der Waals surface area contributed by atoms with Crippen LogP contribution in [-0.4, -0.2) is 5.91 Å². The lowest BCUT2D eigenvalue weighted by atomic mass is 9.95. The topological polar surface area (TPSA) is 50.4 Å². The highest BCUT2D eigenvalue weighted by Gasteiger charge is 2.34. The van der Waals surface area contributed by atoms with E-state index in [0.717, 1.165) is 37.3 Å². The van der Waals surface area contributed by atoms with Crippen molar-refractivity contribution < 1.29 is 25.6 Å². The minimum absolute atomic E-state index is 0. The van der Waals surface area contributed by atoms with Crippen molar-refractivity contribution in [2.45, 2.75) is 58.7 Å². The fraction of sp³-hybridized carbons (Fsp3) is 0.345. The Morgan fingerprint density at radius 2 is 1.69 bits per heavy atom.